The molecule has 5 aromatic rings. The highest BCUT2D eigenvalue weighted by Crippen LogP contribution is 2.43. The van der Waals surface area contributed by atoms with Crippen LogP contribution in [0.5, 0.6) is 0 Å². The maximum atomic E-state index is 14.0. The predicted molar refractivity (Wildman–Crippen MR) is 159 cm³/mol. The molecule has 0 radical (unpaired) electrons. The Morgan fingerprint density at radius 1 is 0.795 bits per heavy atom. The van der Waals surface area contributed by atoms with E-state index >= 15 is 0 Å². The normalized spacial score (nSPS) is 11.6. The molecule has 0 saturated carbocycles. The number of rotatable bonds is 9. The molecule has 0 aliphatic carbocycles. The van der Waals surface area contributed by atoms with Gasteiger partial charge in [0.1, 0.15) is 17.1 Å². The number of nitrogens with one attached hydrogen (secondary N) is 1. The van der Waals surface area contributed by atoms with Crippen molar-refractivity contribution in [3.63, 3.8) is 0 Å². The lowest BCUT2D eigenvalue weighted by Crippen LogP contribution is -2.33. The third-order valence-corrected chi connectivity index (χ3v) is 7.67. The van der Waals surface area contributed by atoms with Crippen LogP contribution in [0.25, 0.3) is 10.9 Å². The first kappa shape index (κ1) is 26.7. The summed E-state index contributed by atoms with van der Waals surface area (Å²) in [7, 11) is 2.07. The van der Waals surface area contributed by atoms with Crippen molar-refractivity contribution < 1.29 is 14.7 Å². The van der Waals surface area contributed by atoms with Crippen molar-refractivity contribution >= 4 is 62.9 Å². The molecule has 0 bridgehead atoms. The lowest BCUT2D eigenvalue weighted by molar-refractivity contribution is -0.137. The third kappa shape index (κ3) is 5.34. The molecule has 0 spiro atoms. The molecule has 5 rings (SSSR count). The number of para-hydroxylation sites is 1. The molecule has 4 aromatic carbocycles. The topological polar surface area (TPSA) is 70.2 Å². The number of aryl methyl sites for hydroxylation is 1. The van der Waals surface area contributed by atoms with Crippen LogP contribution in [0.4, 0.5) is 17.1 Å². The number of hydrogen-bond donors (Lipinski definition) is 2. The van der Waals surface area contributed by atoms with Gasteiger partial charge in [0.05, 0.1) is 12.7 Å². The Labute approximate surface area is 236 Å². The molecular weight excluding hydrogens is 531 g/mol. The largest absolute Gasteiger partial charge is 0.481 e. The fourth-order valence-electron chi connectivity index (χ4n) is 5.07. The van der Waals surface area contributed by atoms with E-state index in [0.717, 1.165) is 33.5 Å². The summed E-state index contributed by atoms with van der Waals surface area (Å²) in [4.78, 5) is 28.4. The van der Waals surface area contributed by atoms with Crippen molar-refractivity contribution in [3.05, 3.63) is 124 Å². The van der Waals surface area contributed by atoms with Crippen LogP contribution in [0.2, 0.25) is 10.0 Å². The van der Waals surface area contributed by atoms with Crippen molar-refractivity contribution in [1.29, 1.82) is 0 Å². The zero-order valence-corrected chi connectivity index (χ0v) is 22.8. The number of halogens is 2. The molecule has 2 N–H and O–H groups in total. The Balaban J connectivity index is 1.60. The maximum Gasteiger partial charge on any atom is 0.303 e. The van der Waals surface area contributed by atoms with E-state index in [1.54, 1.807) is 0 Å². The summed E-state index contributed by atoms with van der Waals surface area (Å²) in [5.74, 6) is -0.992. The number of carboxylic acids is 1. The maximum absolute atomic E-state index is 14.0. The van der Waals surface area contributed by atoms with Gasteiger partial charge < -0.3 is 10.1 Å². The number of benzene rings is 4. The molecule has 39 heavy (non-hydrogen) atoms. The van der Waals surface area contributed by atoms with Gasteiger partial charge in [-0.2, -0.15) is 0 Å². The summed E-state index contributed by atoms with van der Waals surface area (Å²) in [5, 5.41) is 11.4. The van der Waals surface area contributed by atoms with Gasteiger partial charge in [0.2, 0.25) is 5.78 Å². The van der Waals surface area contributed by atoms with E-state index in [1.807, 2.05) is 97.1 Å². The van der Waals surface area contributed by atoms with Gasteiger partial charge in [0.25, 0.3) is 0 Å². The second-order valence-corrected chi connectivity index (χ2v) is 10.5. The third-order valence-electron chi connectivity index (χ3n) is 7.17. The van der Waals surface area contributed by atoms with E-state index in [1.165, 1.54) is 0 Å². The minimum absolute atomic E-state index is 0.0423. The molecular formula is C32H27Cl2N2O3+. The molecule has 1 heterocycles. The van der Waals surface area contributed by atoms with Crippen LogP contribution in [0.3, 0.4) is 0 Å². The fourth-order valence-corrected chi connectivity index (χ4v) is 5.32. The quantitative estimate of drug-likeness (QED) is 0.140. The lowest BCUT2D eigenvalue weighted by atomic mass is 9.98. The van der Waals surface area contributed by atoms with Crippen LogP contribution in [0, 0.1) is 0 Å². The van der Waals surface area contributed by atoms with Crippen LogP contribution >= 0.6 is 23.2 Å². The smallest absolute Gasteiger partial charge is 0.303 e. The Morgan fingerprint density at radius 3 is 2.03 bits per heavy atom. The highest BCUT2D eigenvalue weighted by Gasteiger charge is 2.32. The van der Waals surface area contributed by atoms with Crippen molar-refractivity contribution in [2.75, 3.05) is 7.05 Å². The molecule has 0 atom stereocenters. The first-order chi connectivity index (χ1) is 18.8. The van der Waals surface area contributed by atoms with Gasteiger partial charge in [-0.3, -0.25) is 9.59 Å². The minimum Gasteiger partial charge on any atom is -0.481 e. The monoisotopic (exact) mass is 557 g/mol. The first-order valence-electron chi connectivity index (χ1n) is 12.6. The van der Waals surface area contributed by atoms with Gasteiger partial charge in [-0.1, -0.05) is 53.5 Å². The zero-order chi connectivity index (χ0) is 27.6. The van der Waals surface area contributed by atoms with Gasteiger partial charge in [0.15, 0.2) is 0 Å². The van der Waals surface area contributed by atoms with Crippen LogP contribution in [-0.2, 0) is 11.2 Å². The van der Waals surface area contributed by atoms with E-state index < -0.39 is 5.97 Å². The Kier molecular flexibility index (Phi) is 7.58. The molecule has 5 nitrogen and oxygen atoms in total. The number of hydrogen-bond acceptors (Lipinski definition) is 2. The second kappa shape index (κ2) is 11.1. The summed E-state index contributed by atoms with van der Waals surface area (Å²) in [6.45, 7) is 0. The van der Waals surface area contributed by atoms with Gasteiger partial charge in [-0.25, -0.2) is 4.48 Å². The standard InChI is InChI=1S/C32H26Cl2N2O3/c1-36(24-16-12-22(33)13-17-24,25-18-14-23(34)15-19-25)26-7-4-6-21(20-26)32(39)31-28(9-5-11-30(37)38)27-8-2-3-10-29(27)35-31/h2-4,6-8,10,12-20H,5,9,11H2,1H3,(H-,35,37,38,39)/p+1. The first-order valence-corrected chi connectivity index (χ1v) is 13.4. The summed E-state index contributed by atoms with van der Waals surface area (Å²) in [5.41, 5.74) is 5.53. The van der Waals surface area contributed by atoms with Crippen molar-refractivity contribution in [2.24, 2.45) is 0 Å². The van der Waals surface area contributed by atoms with Gasteiger partial charge in [-0.15, -0.1) is 0 Å². The predicted octanol–water partition coefficient (Wildman–Crippen LogP) is 8.71. The highest BCUT2D eigenvalue weighted by molar-refractivity contribution is 6.31. The van der Waals surface area contributed by atoms with Crippen LogP contribution in [-0.4, -0.2) is 28.9 Å². The van der Waals surface area contributed by atoms with Gasteiger partial charge in [-0.05, 0) is 48.7 Å². The molecule has 7 heteroatoms. The molecule has 0 unspecified atom stereocenters. The number of carbonyl (C=O) groups excluding carboxylic acids is 1. The highest BCUT2D eigenvalue weighted by atomic mass is 35.5. The number of aromatic nitrogens is 1. The van der Waals surface area contributed by atoms with E-state index in [2.05, 4.69) is 12.0 Å². The van der Waals surface area contributed by atoms with E-state index in [4.69, 9.17) is 28.3 Å². The minimum atomic E-state index is -0.850. The molecule has 0 aliphatic heterocycles. The number of aromatic amines is 1. The average Bonchev–Trinajstić information content (AvgIpc) is 3.31. The van der Waals surface area contributed by atoms with Crippen molar-refractivity contribution in [1.82, 2.24) is 9.47 Å². The Hall–Kier alpha value is -3.90. The number of fused-ring (bicyclic) bond motifs is 1. The number of carbonyl (C=O) groups is 2. The Morgan fingerprint density at radius 2 is 1.41 bits per heavy atom. The molecule has 196 valence electrons. The van der Waals surface area contributed by atoms with Crippen LogP contribution in [0.15, 0.2) is 97.1 Å². The van der Waals surface area contributed by atoms with Crippen LogP contribution in [0.1, 0.15) is 34.5 Å². The average molecular weight is 558 g/mol. The second-order valence-electron chi connectivity index (χ2n) is 9.61. The number of nitrogens with zero attached hydrogens (tertiary/aromatic N) is 1. The molecule has 0 fully saturated rings. The van der Waals surface area contributed by atoms with E-state index in [9.17, 15) is 9.59 Å². The van der Waals surface area contributed by atoms with Crippen molar-refractivity contribution in [3.8, 4) is 0 Å². The molecule has 0 saturated heterocycles. The van der Waals surface area contributed by atoms with E-state index in [0.29, 0.717) is 34.1 Å². The number of aliphatic carboxylic acids is 1. The summed E-state index contributed by atoms with van der Waals surface area (Å²) in [6, 6.07) is 30.7. The number of quaternary nitrogens is 1. The molecule has 0 aliphatic rings. The number of ketones is 1. The molecule has 0 amide bonds. The SMILES string of the molecule is C[N+](c1ccc(Cl)cc1)(c1ccc(Cl)cc1)c1cccc(C(=O)c2[nH]c3ccccc3c2CCCC(=O)O)c1. The van der Waals surface area contributed by atoms with E-state index in [-0.39, 0.29) is 16.7 Å². The van der Waals surface area contributed by atoms with Crippen molar-refractivity contribution in [2.45, 2.75) is 19.3 Å². The molecule has 1 aromatic heterocycles. The zero-order valence-electron chi connectivity index (χ0n) is 21.3. The summed E-state index contributed by atoms with van der Waals surface area (Å²) < 4.78 is 0.285. The summed E-state index contributed by atoms with van der Waals surface area (Å²) in [6.07, 6.45) is 0.973. The Bertz CT molecular complexity index is 1610. The lowest BCUT2D eigenvalue weighted by Gasteiger charge is -2.33. The number of H-pyrrole nitrogens is 1. The van der Waals surface area contributed by atoms with Gasteiger partial charge >= 0.3 is 5.97 Å². The van der Waals surface area contributed by atoms with Gasteiger partial charge in [0, 0.05) is 69.3 Å². The van der Waals surface area contributed by atoms with Crippen LogP contribution < -0.4 is 4.48 Å². The fraction of sp³-hybridized carbons (Fsp3) is 0.125. The summed E-state index contributed by atoms with van der Waals surface area (Å²) >= 11 is 12.4. The number of carboxylic acid groups (broad SMARTS) is 1.